The molecular weight excluding hydrogens is 354 g/mol. The Morgan fingerprint density at radius 3 is 2.82 bits per heavy atom. The number of hydrogen-bond acceptors (Lipinski definition) is 4. The van der Waals surface area contributed by atoms with Gasteiger partial charge in [-0.3, -0.25) is 9.89 Å². The second kappa shape index (κ2) is 7.76. The topological polar surface area (TPSA) is 67.5 Å². The molecule has 1 aromatic heterocycles. The van der Waals surface area contributed by atoms with Crippen LogP contribution in [0.1, 0.15) is 32.9 Å². The maximum absolute atomic E-state index is 13.1. The zero-order chi connectivity index (χ0) is 19.5. The number of para-hydroxylation sites is 1. The molecule has 0 fully saturated rings. The van der Waals surface area contributed by atoms with Gasteiger partial charge in [-0.15, -0.1) is 0 Å². The summed E-state index contributed by atoms with van der Waals surface area (Å²) < 4.78 is 11.2. The van der Waals surface area contributed by atoms with Gasteiger partial charge in [0.2, 0.25) is 0 Å². The van der Waals surface area contributed by atoms with Crippen LogP contribution in [0, 0.1) is 6.92 Å². The van der Waals surface area contributed by atoms with E-state index in [-0.39, 0.29) is 5.91 Å². The van der Waals surface area contributed by atoms with Gasteiger partial charge in [-0.25, -0.2) is 0 Å². The Balaban J connectivity index is 1.52. The lowest BCUT2D eigenvalue weighted by atomic mass is 10.0. The average molecular weight is 377 g/mol. The van der Waals surface area contributed by atoms with Crippen molar-refractivity contribution in [2.24, 2.45) is 0 Å². The number of nitrogens with one attached hydrogen (secondary N) is 1. The van der Waals surface area contributed by atoms with E-state index in [9.17, 15) is 4.79 Å². The highest BCUT2D eigenvalue weighted by Crippen LogP contribution is 2.26. The second-order valence-electron chi connectivity index (χ2n) is 6.91. The molecule has 0 saturated carbocycles. The Bertz CT molecular complexity index is 982. The van der Waals surface area contributed by atoms with Gasteiger partial charge in [0.1, 0.15) is 23.8 Å². The molecule has 1 amide bonds. The molecule has 1 aliphatic rings. The molecule has 0 atom stereocenters. The summed E-state index contributed by atoms with van der Waals surface area (Å²) in [6.07, 6.45) is 0.744. The monoisotopic (exact) mass is 377 g/mol. The summed E-state index contributed by atoms with van der Waals surface area (Å²) in [5.41, 5.74) is 4.58. The van der Waals surface area contributed by atoms with Gasteiger partial charge in [0.05, 0.1) is 12.7 Å². The standard InChI is InChI=1S/C22H23N3O3/c1-15-8-9-21(27-2)17(12-15)22(26)25-11-10-19-18(13-25)20(24-23-19)14-28-16-6-4-3-5-7-16/h3-9,12H,10-11,13-14H2,1-2H3,(H,23,24). The lowest BCUT2D eigenvalue weighted by Gasteiger charge is -2.28. The first kappa shape index (κ1) is 18.1. The molecule has 3 aromatic rings. The summed E-state index contributed by atoms with van der Waals surface area (Å²) in [5.74, 6) is 1.37. The number of methoxy groups -OCH3 is 1. The number of carbonyl (C=O) groups is 1. The third kappa shape index (κ3) is 3.58. The molecule has 144 valence electrons. The third-order valence-corrected chi connectivity index (χ3v) is 5.01. The molecule has 28 heavy (non-hydrogen) atoms. The van der Waals surface area contributed by atoms with Crippen LogP contribution in [0.15, 0.2) is 48.5 Å². The van der Waals surface area contributed by atoms with Crippen LogP contribution in [-0.2, 0) is 19.6 Å². The van der Waals surface area contributed by atoms with Crippen molar-refractivity contribution < 1.29 is 14.3 Å². The maximum Gasteiger partial charge on any atom is 0.257 e. The van der Waals surface area contributed by atoms with Crippen LogP contribution in [0.5, 0.6) is 11.5 Å². The summed E-state index contributed by atoms with van der Waals surface area (Å²) in [4.78, 5) is 15.0. The number of carbonyl (C=O) groups excluding carboxylic acids is 1. The van der Waals surface area contributed by atoms with Crippen molar-refractivity contribution in [1.29, 1.82) is 0 Å². The molecule has 0 saturated heterocycles. The first-order valence-corrected chi connectivity index (χ1v) is 9.32. The van der Waals surface area contributed by atoms with Crippen LogP contribution >= 0.6 is 0 Å². The second-order valence-corrected chi connectivity index (χ2v) is 6.91. The molecule has 1 N–H and O–H groups in total. The lowest BCUT2D eigenvalue weighted by Crippen LogP contribution is -2.36. The van der Waals surface area contributed by atoms with E-state index in [1.165, 1.54) is 0 Å². The molecule has 0 unspecified atom stereocenters. The zero-order valence-electron chi connectivity index (χ0n) is 16.1. The predicted molar refractivity (Wildman–Crippen MR) is 106 cm³/mol. The molecular formula is C22H23N3O3. The molecule has 0 aliphatic carbocycles. The zero-order valence-corrected chi connectivity index (χ0v) is 16.1. The quantitative estimate of drug-likeness (QED) is 0.739. The Hall–Kier alpha value is -3.28. The minimum Gasteiger partial charge on any atom is -0.496 e. The molecule has 0 radical (unpaired) electrons. The van der Waals surface area contributed by atoms with Gasteiger partial charge in [-0.05, 0) is 31.2 Å². The summed E-state index contributed by atoms with van der Waals surface area (Å²) in [7, 11) is 1.59. The summed E-state index contributed by atoms with van der Waals surface area (Å²) in [5, 5.41) is 7.52. The Morgan fingerprint density at radius 1 is 1.21 bits per heavy atom. The van der Waals surface area contributed by atoms with E-state index in [1.54, 1.807) is 7.11 Å². The van der Waals surface area contributed by atoms with Crippen molar-refractivity contribution in [2.45, 2.75) is 26.5 Å². The number of aryl methyl sites for hydroxylation is 1. The number of aromatic nitrogens is 2. The van der Waals surface area contributed by atoms with Crippen molar-refractivity contribution in [3.05, 3.63) is 76.6 Å². The van der Waals surface area contributed by atoms with Gasteiger partial charge < -0.3 is 14.4 Å². The van der Waals surface area contributed by atoms with Crippen molar-refractivity contribution in [2.75, 3.05) is 13.7 Å². The predicted octanol–water partition coefficient (Wildman–Crippen LogP) is 3.50. The van der Waals surface area contributed by atoms with Gasteiger partial charge in [-0.1, -0.05) is 29.8 Å². The Morgan fingerprint density at radius 2 is 2.04 bits per heavy atom. The van der Waals surface area contributed by atoms with E-state index in [0.717, 1.165) is 34.7 Å². The van der Waals surface area contributed by atoms with Crippen LogP contribution in [0.4, 0.5) is 0 Å². The number of nitrogens with zero attached hydrogens (tertiary/aromatic N) is 2. The van der Waals surface area contributed by atoms with E-state index in [0.29, 0.717) is 31.0 Å². The van der Waals surface area contributed by atoms with Gasteiger partial charge in [0.25, 0.3) is 5.91 Å². The summed E-state index contributed by atoms with van der Waals surface area (Å²) >= 11 is 0. The lowest BCUT2D eigenvalue weighted by molar-refractivity contribution is 0.0729. The minimum absolute atomic E-state index is 0.0256. The molecule has 2 heterocycles. The summed E-state index contributed by atoms with van der Waals surface area (Å²) in [6.45, 7) is 3.49. The number of benzene rings is 2. The van der Waals surface area contributed by atoms with E-state index >= 15 is 0 Å². The summed E-state index contributed by atoms with van der Waals surface area (Å²) in [6, 6.07) is 15.3. The van der Waals surface area contributed by atoms with Crippen LogP contribution in [0.2, 0.25) is 0 Å². The maximum atomic E-state index is 13.1. The van der Waals surface area contributed by atoms with Crippen molar-refractivity contribution in [3.63, 3.8) is 0 Å². The highest BCUT2D eigenvalue weighted by atomic mass is 16.5. The molecule has 0 spiro atoms. The number of amides is 1. The first-order valence-electron chi connectivity index (χ1n) is 9.32. The number of ether oxygens (including phenoxy) is 2. The fourth-order valence-electron chi connectivity index (χ4n) is 3.47. The highest BCUT2D eigenvalue weighted by Gasteiger charge is 2.27. The molecule has 2 aromatic carbocycles. The van der Waals surface area contributed by atoms with Gasteiger partial charge in [0, 0.05) is 30.8 Å². The SMILES string of the molecule is COc1ccc(C)cc1C(=O)N1CCc2[nH]nc(COc3ccccc3)c2C1. The first-order chi connectivity index (χ1) is 13.7. The van der Waals surface area contributed by atoms with Crippen molar-refractivity contribution >= 4 is 5.91 Å². The molecule has 1 aliphatic heterocycles. The molecule has 6 heteroatoms. The van der Waals surface area contributed by atoms with Crippen LogP contribution < -0.4 is 9.47 Å². The largest absolute Gasteiger partial charge is 0.496 e. The Kier molecular flexibility index (Phi) is 5.02. The molecule has 6 nitrogen and oxygen atoms in total. The van der Waals surface area contributed by atoms with Gasteiger partial charge >= 0.3 is 0 Å². The number of hydrogen-bond donors (Lipinski definition) is 1. The Labute approximate surface area is 164 Å². The van der Waals surface area contributed by atoms with Gasteiger partial charge in [0.15, 0.2) is 0 Å². The number of fused-ring (bicyclic) bond motifs is 1. The van der Waals surface area contributed by atoms with Crippen LogP contribution in [0.25, 0.3) is 0 Å². The fraction of sp³-hybridized carbons (Fsp3) is 0.273. The van der Waals surface area contributed by atoms with Crippen molar-refractivity contribution in [1.82, 2.24) is 15.1 Å². The van der Waals surface area contributed by atoms with Crippen LogP contribution in [-0.4, -0.2) is 34.7 Å². The number of rotatable bonds is 5. The normalized spacial score (nSPS) is 13.1. The highest BCUT2D eigenvalue weighted by molar-refractivity contribution is 5.97. The average Bonchev–Trinajstić information content (AvgIpc) is 3.14. The third-order valence-electron chi connectivity index (χ3n) is 5.01. The molecule has 0 bridgehead atoms. The van der Waals surface area contributed by atoms with E-state index < -0.39 is 0 Å². The van der Waals surface area contributed by atoms with E-state index in [4.69, 9.17) is 9.47 Å². The number of H-pyrrole nitrogens is 1. The smallest absolute Gasteiger partial charge is 0.257 e. The molecule has 4 rings (SSSR count). The van der Waals surface area contributed by atoms with Crippen LogP contribution in [0.3, 0.4) is 0 Å². The fourth-order valence-corrected chi connectivity index (χ4v) is 3.47. The van der Waals surface area contributed by atoms with Crippen molar-refractivity contribution in [3.8, 4) is 11.5 Å². The van der Waals surface area contributed by atoms with Gasteiger partial charge in [-0.2, -0.15) is 5.10 Å². The minimum atomic E-state index is -0.0256. The number of aromatic amines is 1. The van der Waals surface area contributed by atoms with E-state index in [1.807, 2.05) is 60.4 Å². The van der Waals surface area contributed by atoms with E-state index in [2.05, 4.69) is 10.2 Å².